The molecule has 1 amide bonds. The first kappa shape index (κ1) is 13.6. The summed E-state index contributed by atoms with van der Waals surface area (Å²) >= 11 is 5.81. The van der Waals surface area contributed by atoms with Crippen LogP contribution in [0.5, 0.6) is 0 Å². The maximum absolute atomic E-state index is 11.8. The van der Waals surface area contributed by atoms with Crippen LogP contribution in [0.2, 0.25) is 5.02 Å². The van der Waals surface area contributed by atoms with Crippen LogP contribution in [0.25, 0.3) is 5.69 Å². The smallest absolute Gasteiger partial charge is 0.254 e. The summed E-state index contributed by atoms with van der Waals surface area (Å²) in [5.74, 6) is -0.200. The summed E-state index contributed by atoms with van der Waals surface area (Å²) in [7, 11) is 0. The largest absolute Gasteiger partial charge is 0.396 e. The van der Waals surface area contributed by atoms with E-state index in [9.17, 15) is 4.79 Å². The van der Waals surface area contributed by atoms with E-state index in [2.05, 4.69) is 10.4 Å². The van der Waals surface area contributed by atoms with Gasteiger partial charge in [-0.3, -0.25) is 4.79 Å². The fraction of sp³-hybridized carbons (Fsp3) is 0.231. The second kappa shape index (κ2) is 6.36. The van der Waals surface area contributed by atoms with Gasteiger partial charge in [0.2, 0.25) is 0 Å². The zero-order valence-electron chi connectivity index (χ0n) is 10.2. The fourth-order valence-electron chi connectivity index (χ4n) is 1.56. The molecule has 5 nitrogen and oxygen atoms in total. The fourth-order valence-corrected chi connectivity index (χ4v) is 1.68. The van der Waals surface area contributed by atoms with E-state index < -0.39 is 0 Å². The van der Waals surface area contributed by atoms with Crippen LogP contribution >= 0.6 is 11.6 Å². The molecular weight excluding hydrogens is 266 g/mol. The van der Waals surface area contributed by atoms with Crippen molar-refractivity contribution in [3.63, 3.8) is 0 Å². The molecule has 0 fully saturated rings. The first-order valence-corrected chi connectivity index (χ1v) is 6.28. The molecule has 0 spiro atoms. The van der Waals surface area contributed by atoms with Gasteiger partial charge < -0.3 is 10.4 Å². The monoisotopic (exact) mass is 279 g/mol. The van der Waals surface area contributed by atoms with E-state index in [1.165, 1.54) is 6.20 Å². The lowest BCUT2D eigenvalue weighted by atomic mass is 10.3. The highest BCUT2D eigenvalue weighted by Gasteiger charge is 2.08. The van der Waals surface area contributed by atoms with E-state index in [4.69, 9.17) is 16.7 Å². The Hall–Kier alpha value is -1.85. The minimum atomic E-state index is -0.200. The Morgan fingerprint density at radius 2 is 2.11 bits per heavy atom. The number of nitrogens with zero attached hydrogens (tertiary/aromatic N) is 2. The molecule has 19 heavy (non-hydrogen) atoms. The first-order valence-electron chi connectivity index (χ1n) is 5.90. The molecule has 2 rings (SSSR count). The molecule has 0 atom stereocenters. The van der Waals surface area contributed by atoms with Crippen LogP contribution in [0.15, 0.2) is 36.7 Å². The summed E-state index contributed by atoms with van der Waals surface area (Å²) in [5.41, 5.74) is 1.31. The molecule has 0 aliphatic carbocycles. The number of aromatic nitrogens is 2. The molecule has 2 aromatic rings. The number of carbonyl (C=O) groups excluding carboxylic acids is 1. The molecule has 1 aromatic heterocycles. The van der Waals surface area contributed by atoms with Crippen molar-refractivity contribution in [3.05, 3.63) is 47.2 Å². The summed E-state index contributed by atoms with van der Waals surface area (Å²) in [6.45, 7) is 0.506. The van der Waals surface area contributed by atoms with Crippen molar-refractivity contribution < 1.29 is 9.90 Å². The Labute approximate surface area is 115 Å². The third-order valence-electron chi connectivity index (χ3n) is 2.56. The molecule has 0 unspecified atom stereocenters. The number of carbonyl (C=O) groups is 1. The minimum absolute atomic E-state index is 0.0598. The van der Waals surface area contributed by atoms with Gasteiger partial charge >= 0.3 is 0 Å². The summed E-state index contributed by atoms with van der Waals surface area (Å²) < 4.78 is 1.61. The van der Waals surface area contributed by atoms with E-state index in [0.29, 0.717) is 23.6 Å². The summed E-state index contributed by atoms with van der Waals surface area (Å²) in [6.07, 6.45) is 3.69. The van der Waals surface area contributed by atoms with Crippen molar-refractivity contribution in [1.29, 1.82) is 0 Å². The zero-order valence-corrected chi connectivity index (χ0v) is 11.0. The van der Waals surface area contributed by atoms with Gasteiger partial charge in [0.1, 0.15) is 0 Å². The van der Waals surface area contributed by atoms with E-state index in [1.54, 1.807) is 23.0 Å². The van der Waals surface area contributed by atoms with Crippen LogP contribution in [0.1, 0.15) is 16.8 Å². The first-order chi connectivity index (χ1) is 9.20. The molecule has 0 saturated heterocycles. The number of halogens is 1. The lowest BCUT2D eigenvalue weighted by molar-refractivity contribution is 0.0951. The number of hydrogen-bond donors (Lipinski definition) is 2. The highest BCUT2D eigenvalue weighted by molar-refractivity contribution is 6.30. The number of rotatable bonds is 5. The molecule has 1 aromatic carbocycles. The molecule has 1 heterocycles. The number of nitrogens with one attached hydrogen (secondary N) is 1. The van der Waals surface area contributed by atoms with E-state index in [-0.39, 0.29) is 12.5 Å². The van der Waals surface area contributed by atoms with Crippen LogP contribution in [0.3, 0.4) is 0 Å². The highest BCUT2D eigenvalue weighted by Crippen LogP contribution is 2.13. The van der Waals surface area contributed by atoms with Gasteiger partial charge in [-0.15, -0.1) is 0 Å². The maximum atomic E-state index is 11.8. The van der Waals surface area contributed by atoms with Crippen LogP contribution in [-0.2, 0) is 0 Å². The Balaban J connectivity index is 2.06. The second-order valence-corrected chi connectivity index (χ2v) is 4.42. The van der Waals surface area contributed by atoms with E-state index in [0.717, 1.165) is 5.69 Å². The summed E-state index contributed by atoms with van der Waals surface area (Å²) in [4.78, 5) is 11.8. The van der Waals surface area contributed by atoms with E-state index >= 15 is 0 Å². The van der Waals surface area contributed by atoms with Gasteiger partial charge in [0.25, 0.3) is 5.91 Å². The molecule has 0 aliphatic heterocycles. The van der Waals surface area contributed by atoms with Crippen LogP contribution in [-0.4, -0.2) is 33.9 Å². The normalized spacial score (nSPS) is 10.4. The summed E-state index contributed by atoms with van der Waals surface area (Å²) in [6, 6.07) is 7.17. The Morgan fingerprint density at radius 1 is 1.37 bits per heavy atom. The molecule has 0 radical (unpaired) electrons. The van der Waals surface area contributed by atoms with Crippen LogP contribution < -0.4 is 5.32 Å². The van der Waals surface area contributed by atoms with Gasteiger partial charge in [-0.2, -0.15) is 5.10 Å². The molecule has 100 valence electrons. The number of amides is 1. The molecular formula is C13H14ClN3O2. The third kappa shape index (κ3) is 3.56. The van der Waals surface area contributed by atoms with Gasteiger partial charge in [0.15, 0.2) is 0 Å². The summed E-state index contributed by atoms with van der Waals surface area (Å²) in [5, 5.41) is 16.1. The van der Waals surface area contributed by atoms with Crippen molar-refractivity contribution >= 4 is 17.5 Å². The molecule has 0 aliphatic rings. The van der Waals surface area contributed by atoms with Gasteiger partial charge in [-0.05, 0) is 30.7 Å². The number of benzene rings is 1. The van der Waals surface area contributed by atoms with Crippen LogP contribution in [0.4, 0.5) is 0 Å². The van der Waals surface area contributed by atoms with Gasteiger partial charge in [-0.1, -0.05) is 11.6 Å². The predicted octanol–water partition coefficient (Wildman–Crippen LogP) is 1.64. The van der Waals surface area contributed by atoms with Crippen molar-refractivity contribution in [2.75, 3.05) is 13.2 Å². The van der Waals surface area contributed by atoms with Crippen molar-refractivity contribution in [2.24, 2.45) is 0 Å². The van der Waals surface area contributed by atoms with Crippen molar-refractivity contribution in [2.45, 2.75) is 6.42 Å². The lowest BCUT2D eigenvalue weighted by Gasteiger charge is -2.01. The second-order valence-electron chi connectivity index (χ2n) is 3.98. The third-order valence-corrected chi connectivity index (χ3v) is 2.81. The minimum Gasteiger partial charge on any atom is -0.396 e. The SMILES string of the molecule is O=C(NCCCO)c1cnn(-c2ccc(Cl)cc2)c1. The Kier molecular flexibility index (Phi) is 4.54. The number of aliphatic hydroxyl groups excluding tert-OH is 1. The van der Waals surface area contributed by atoms with Gasteiger partial charge in [-0.25, -0.2) is 4.68 Å². The Morgan fingerprint density at radius 3 is 2.79 bits per heavy atom. The molecule has 2 N–H and O–H groups in total. The van der Waals surface area contributed by atoms with Crippen molar-refractivity contribution in [1.82, 2.24) is 15.1 Å². The topological polar surface area (TPSA) is 67.2 Å². The predicted molar refractivity (Wildman–Crippen MR) is 72.6 cm³/mol. The molecule has 0 saturated carbocycles. The van der Waals surface area contributed by atoms with Gasteiger partial charge in [0, 0.05) is 24.4 Å². The lowest BCUT2D eigenvalue weighted by Crippen LogP contribution is -2.24. The van der Waals surface area contributed by atoms with E-state index in [1.807, 2.05) is 12.1 Å². The highest BCUT2D eigenvalue weighted by atomic mass is 35.5. The molecule has 0 bridgehead atoms. The van der Waals surface area contributed by atoms with Gasteiger partial charge in [0.05, 0.1) is 17.4 Å². The molecule has 6 heteroatoms. The Bertz CT molecular complexity index is 551. The average Bonchev–Trinajstić information content (AvgIpc) is 2.89. The van der Waals surface area contributed by atoms with Crippen molar-refractivity contribution in [3.8, 4) is 5.69 Å². The average molecular weight is 280 g/mol. The number of aliphatic hydroxyl groups is 1. The quantitative estimate of drug-likeness (QED) is 0.818. The van der Waals surface area contributed by atoms with Crippen LogP contribution in [0, 0.1) is 0 Å². The number of hydrogen-bond acceptors (Lipinski definition) is 3. The standard InChI is InChI=1S/C13H14ClN3O2/c14-11-2-4-12(5-3-11)17-9-10(8-16-17)13(19)15-6-1-7-18/h2-5,8-9,18H,1,6-7H2,(H,15,19). The zero-order chi connectivity index (χ0) is 13.7. The maximum Gasteiger partial charge on any atom is 0.254 e.